The second-order valence-electron chi connectivity index (χ2n) is 7.51. The first-order valence-corrected chi connectivity index (χ1v) is 11.9. The number of sulfonamides is 1. The molecule has 0 atom stereocenters. The Kier molecular flexibility index (Phi) is 7.91. The van der Waals surface area contributed by atoms with Crippen molar-refractivity contribution in [1.29, 1.82) is 0 Å². The summed E-state index contributed by atoms with van der Waals surface area (Å²) in [7, 11) is -1.04. The van der Waals surface area contributed by atoms with Crippen molar-refractivity contribution in [2.75, 3.05) is 25.5 Å². The predicted octanol–water partition coefficient (Wildman–Crippen LogP) is 3.56. The molecule has 0 aliphatic carbocycles. The molecule has 3 rings (SSSR count). The van der Waals surface area contributed by atoms with Crippen LogP contribution in [-0.4, -0.2) is 41.1 Å². The van der Waals surface area contributed by atoms with Crippen LogP contribution in [0.4, 0.5) is 5.69 Å². The molecule has 0 aliphatic heterocycles. The molecule has 8 nitrogen and oxygen atoms in total. The van der Waals surface area contributed by atoms with E-state index in [1.54, 1.807) is 61.5 Å². The van der Waals surface area contributed by atoms with Crippen LogP contribution in [0.2, 0.25) is 0 Å². The topological polar surface area (TPSA) is 111 Å². The van der Waals surface area contributed by atoms with Gasteiger partial charge in [0, 0.05) is 17.8 Å². The summed E-state index contributed by atoms with van der Waals surface area (Å²) >= 11 is 0. The maximum absolute atomic E-state index is 12.8. The molecule has 0 bridgehead atoms. The highest BCUT2D eigenvalue weighted by Crippen LogP contribution is 2.21. The first-order valence-electron chi connectivity index (χ1n) is 10.5. The van der Waals surface area contributed by atoms with Crippen molar-refractivity contribution in [3.63, 3.8) is 0 Å². The van der Waals surface area contributed by atoms with E-state index in [1.165, 1.54) is 26.4 Å². The van der Waals surface area contributed by atoms with E-state index in [0.717, 1.165) is 5.56 Å². The predicted molar refractivity (Wildman–Crippen MR) is 129 cm³/mol. The molecule has 0 heterocycles. The van der Waals surface area contributed by atoms with Gasteiger partial charge in [0.1, 0.15) is 5.75 Å². The van der Waals surface area contributed by atoms with E-state index < -0.39 is 16.0 Å². The van der Waals surface area contributed by atoms with E-state index in [1.807, 2.05) is 0 Å². The second kappa shape index (κ2) is 10.8. The lowest BCUT2D eigenvalue weighted by molar-refractivity contribution is 0.0600. The van der Waals surface area contributed by atoms with Crippen molar-refractivity contribution in [2.45, 2.75) is 18.2 Å². The molecule has 0 radical (unpaired) electrons. The van der Waals surface area contributed by atoms with Crippen LogP contribution in [0.1, 0.15) is 31.8 Å². The summed E-state index contributed by atoms with van der Waals surface area (Å²) in [6, 6.07) is 17.8. The lowest BCUT2D eigenvalue weighted by atomic mass is 10.1. The second-order valence-corrected chi connectivity index (χ2v) is 9.19. The van der Waals surface area contributed by atoms with E-state index in [9.17, 15) is 18.0 Å². The van der Waals surface area contributed by atoms with Crippen LogP contribution in [0.5, 0.6) is 5.75 Å². The first-order chi connectivity index (χ1) is 16.2. The van der Waals surface area contributed by atoms with Crippen molar-refractivity contribution in [3.05, 3.63) is 89.0 Å². The number of hydrogen-bond acceptors (Lipinski definition) is 6. The third kappa shape index (κ3) is 6.14. The Morgan fingerprint density at radius 1 is 0.912 bits per heavy atom. The molecule has 0 saturated heterocycles. The van der Waals surface area contributed by atoms with Crippen LogP contribution < -0.4 is 14.8 Å². The van der Waals surface area contributed by atoms with Gasteiger partial charge in [-0.15, -0.1) is 0 Å². The molecular weight excluding hydrogens is 456 g/mol. The molecule has 34 heavy (non-hydrogen) atoms. The number of amides is 1. The number of anilines is 1. The van der Waals surface area contributed by atoms with Gasteiger partial charge >= 0.3 is 5.97 Å². The van der Waals surface area contributed by atoms with E-state index in [-0.39, 0.29) is 16.4 Å². The van der Waals surface area contributed by atoms with Crippen molar-refractivity contribution in [3.8, 4) is 5.75 Å². The monoisotopic (exact) mass is 482 g/mol. The Labute approximate surface area is 199 Å². The van der Waals surface area contributed by atoms with Gasteiger partial charge in [-0.05, 0) is 73.0 Å². The molecule has 3 aromatic carbocycles. The fourth-order valence-corrected chi connectivity index (χ4v) is 4.31. The van der Waals surface area contributed by atoms with Crippen molar-refractivity contribution >= 4 is 27.6 Å². The highest BCUT2D eigenvalue weighted by Gasteiger charge is 2.18. The molecular formula is C25H26N2O6S. The largest absolute Gasteiger partial charge is 0.497 e. The number of hydrogen-bond donors (Lipinski definition) is 2. The number of carbonyl (C=O) groups excluding carboxylic acids is 2. The van der Waals surface area contributed by atoms with Gasteiger partial charge in [0.25, 0.3) is 15.9 Å². The summed E-state index contributed by atoms with van der Waals surface area (Å²) < 4.78 is 37.9. The lowest BCUT2D eigenvalue weighted by Crippen LogP contribution is -2.27. The zero-order chi connectivity index (χ0) is 24.7. The molecule has 0 spiro atoms. The molecule has 0 unspecified atom stereocenters. The number of esters is 1. The Hall–Kier alpha value is -3.85. The molecule has 178 valence electrons. The Bertz CT molecular complexity index is 1270. The zero-order valence-corrected chi connectivity index (χ0v) is 19.9. The van der Waals surface area contributed by atoms with Crippen LogP contribution in [0.25, 0.3) is 0 Å². The summed E-state index contributed by atoms with van der Waals surface area (Å²) in [6.07, 6.45) is 0.545. The van der Waals surface area contributed by atoms with Crippen LogP contribution in [0.15, 0.2) is 71.6 Å². The van der Waals surface area contributed by atoms with Gasteiger partial charge in [-0.1, -0.05) is 18.2 Å². The minimum atomic E-state index is -3.89. The average molecular weight is 483 g/mol. The van der Waals surface area contributed by atoms with Gasteiger partial charge in [-0.25, -0.2) is 13.2 Å². The van der Waals surface area contributed by atoms with Gasteiger partial charge in [-0.2, -0.15) is 0 Å². The number of benzene rings is 3. The zero-order valence-electron chi connectivity index (χ0n) is 19.1. The number of methoxy groups -OCH3 is 2. The van der Waals surface area contributed by atoms with Gasteiger partial charge in [0.15, 0.2) is 0 Å². The quantitative estimate of drug-likeness (QED) is 0.451. The number of aryl methyl sites for hydroxylation is 1. The van der Waals surface area contributed by atoms with Gasteiger partial charge < -0.3 is 14.8 Å². The van der Waals surface area contributed by atoms with E-state index in [4.69, 9.17) is 4.74 Å². The Balaban J connectivity index is 1.66. The summed E-state index contributed by atoms with van der Waals surface area (Å²) in [4.78, 5) is 24.2. The smallest absolute Gasteiger partial charge is 0.337 e. The SMILES string of the molecule is COC(=O)c1ccc(CCNC(=O)c2cc(S(=O)(=O)Nc3ccc(OC)cc3)ccc2C)cc1. The number of nitrogens with one attached hydrogen (secondary N) is 2. The van der Waals surface area contributed by atoms with E-state index in [2.05, 4.69) is 14.8 Å². The summed E-state index contributed by atoms with van der Waals surface area (Å²) in [5, 5.41) is 2.82. The van der Waals surface area contributed by atoms with E-state index in [0.29, 0.717) is 35.5 Å². The first kappa shape index (κ1) is 24.8. The Morgan fingerprint density at radius 2 is 1.59 bits per heavy atom. The molecule has 0 fully saturated rings. The van der Waals surface area contributed by atoms with Gasteiger partial charge in [-0.3, -0.25) is 9.52 Å². The normalized spacial score (nSPS) is 10.9. The highest BCUT2D eigenvalue weighted by molar-refractivity contribution is 7.92. The summed E-state index contributed by atoms with van der Waals surface area (Å²) in [6.45, 7) is 2.09. The maximum Gasteiger partial charge on any atom is 0.337 e. The molecule has 3 aromatic rings. The molecule has 9 heteroatoms. The fraction of sp³-hybridized carbons (Fsp3) is 0.200. The highest BCUT2D eigenvalue weighted by atomic mass is 32.2. The molecule has 2 N–H and O–H groups in total. The van der Waals surface area contributed by atoms with Gasteiger partial charge in [0.05, 0.1) is 24.7 Å². The van der Waals surface area contributed by atoms with Crippen LogP contribution in [0.3, 0.4) is 0 Å². The molecule has 0 aliphatic rings. The number of carbonyl (C=O) groups is 2. The standard InChI is InChI=1S/C25H26N2O6S/c1-17-4-13-22(34(30,31)27-20-9-11-21(32-2)12-10-20)16-23(17)24(28)26-15-14-18-5-7-19(8-6-18)25(29)33-3/h4-13,16,27H,14-15H2,1-3H3,(H,26,28). The molecule has 1 amide bonds. The third-order valence-corrected chi connectivity index (χ3v) is 6.56. The minimum absolute atomic E-state index is 0.0162. The minimum Gasteiger partial charge on any atom is -0.497 e. The van der Waals surface area contributed by atoms with Crippen LogP contribution in [-0.2, 0) is 21.2 Å². The van der Waals surface area contributed by atoms with Crippen LogP contribution >= 0.6 is 0 Å². The fourth-order valence-electron chi connectivity index (χ4n) is 3.23. The summed E-state index contributed by atoms with van der Waals surface area (Å²) in [5.74, 6) is -0.173. The van der Waals surface area contributed by atoms with Crippen molar-refractivity contribution in [2.24, 2.45) is 0 Å². The average Bonchev–Trinajstić information content (AvgIpc) is 2.84. The Morgan fingerprint density at radius 3 is 2.21 bits per heavy atom. The van der Waals surface area contributed by atoms with Crippen molar-refractivity contribution < 1.29 is 27.5 Å². The van der Waals surface area contributed by atoms with Crippen molar-refractivity contribution in [1.82, 2.24) is 5.32 Å². The number of rotatable bonds is 9. The molecule has 0 aromatic heterocycles. The number of ether oxygens (including phenoxy) is 2. The maximum atomic E-state index is 12.8. The van der Waals surface area contributed by atoms with Gasteiger partial charge in [0.2, 0.25) is 0 Å². The van der Waals surface area contributed by atoms with Crippen LogP contribution in [0, 0.1) is 6.92 Å². The summed E-state index contributed by atoms with van der Waals surface area (Å²) in [5.41, 5.74) is 2.70. The molecule has 0 saturated carbocycles. The third-order valence-electron chi connectivity index (χ3n) is 5.18. The lowest BCUT2D eigenvalue weighted by Gasteiger charge is -2.12. The van der Waals surface area contributed by atoms with E-state index >= 15 is 0 Å².